The number of carbonyl (C=O) groups excluding carboxylic acids is 1. The van der Waals surface area contributed by atoms with Crippen LogP contribution in [0.15, 0.2) is 36.4 Å². The molecule has 7 nitrogen and oxygen atoms in total. The first-order valence-electron chi connectivity index (χ1n) is 9.26. The summed E-state index contributed by atoms with van der Waals surface area (Å²) in [5.41, 5.74) is 9.77. The number of rotatable bonds is 7. The van der Waals surface area contributed by atoms with Gasteiger partial charge in [-0.3, -0.25) is 4.79 Å². The maximum Gasteiger partial charge on any atom is 0.223 e. The van der Waals surface area contributed by atoms with Crippen LogP contribution >= 0.6 is 0 Å². The average molecular weight is 354 g/mol. The number of amides is 1. The summed E-state index contributed by atoms with van der Waals surface area (Å²) in [7, 11) is 0. The predicted octanol–water partition coefficient (Wildman–Crippen LogP) is 1.60. The topological polar surface area (TPSA) is 102 Å². The molecular formula is C19H26N6O. The quantitative estimate of drug-likeness (QED) is 0.518. The fourth-order valence-corrected chi connectivity index (χ4v) is 3.09. The molecule has 1 atom stereocenters. The summed E-state index contributed by atoms with van der Waals surface area (Å²) in [5, 5.41) is 4.43. The smallest absolute Gasteiger partial charge is 0.223 e. The van der Waals surface area contributed by atoms with E-state index in [4.69, 9.17) is 11.6 Å². The number of carbonyl (C=O) groups is 1. The first-order valence-corrected chi connectivity index (χ1v) is 9.26. The lowest BCUT2D eigenvalue weighted by molar-refractivity contribution is -0.122. The van der Waals surface area contributed by atoms with E-state index in [9.17, 15) is 4.79 Å². The van der Waals surface area contributed by atoms with Crippen molar-refractivity contribution in [3.05, 3.63) is 47.7 Å². The van der Waals surface area contributed by atoms with E-state index in [0.717, 1.165) is 24.2 Å². The van der Waals surface area contributed by atoms with Crippen molar-refractivity contribution in [2.24, 2.45) is 17.5 Å². The molecule has 2 aliphatic carbocycles. The summed E-state index contributed by atoms with van der Waals surface area (Å²) in [4.78, 5) is 16.4. The highest BCUT2D eigenvalue weighted by atomic mass is 16.2. The largest absolute Gasteiger partial charge is 0.399 e. The van der Waals surface area contributed by atoms with Crippen molar-refractivity contribution in [2.45, 2.75) is 51.1 Å². The van der Waals surface area contributed by atoms with Gasteiger partial charge in [-0.15, -0.1) is 0 Å². The lowest BCUT2D eigenvalue weighted by Crippen LogP contribution is -2.39. The van der Waals surface area contributed by atoms with E-state index in [1.807, 2.05) is 13.1 Å². The summed E-state index contributed by atoms with van der Waals surface area (Å²) >= 11 is 0. The van der Waals surface area contributed by atoms with Gasteiger partial charge in [0, 0.05) is 30.2 Å². The van der Waals surface area contributed by atoms with Gasteiger partial charge in [0.2, 0.25) is 5.91 Å². The van der Waals surface area contributed by atoms with Crippen molar-refractivity contribution in [3.63, 3.8) is 0 Å². The molecule has 0 spiro atoms. The van der Waals surface area contributed by atoms with Crippen LogP contribution in [0, 0.1) is 5.92 Å². The van der Waals surface area contributed by atoms with Gasteiger partial charge in [0.15, 0.2) is 0 Å². The molecule has 1 amide bonds. The van der Waals surface area contributed by atoms with Crippen LogP contribution in [0.3, 0.4) is 0 Å². The van der Waals surface area contributed by atoms with E-state index in [1.165, 1.54) is 23.4 Å². The molecule has 0 bridgehead atoms. The molecule has 0 saturated heterocycles. The van der Waals surface area contributed by atoms with Crippen molar-refractivity contribution < 1.29 is 4.79 Å². The number of nitrogens with zero attached hydrogens (tertiary/aromatic N) is 3. The number of pyridine rings is 1. The molecule has 2 aliphatic rings. The van der Waals surface area contributed by atoms with E-state index in [1.54, 1.807) is 6.20 Å². The van der Waals surface area contributed by atoms with Gasteiger partial charge in [-0.25, -0.2) is 10.8 Å². The molecule has 0 aliphatic heterocycles. The summed E-state index contributed by atoms with van der Waals surface area (Å²) in [5.74, 6) is 7.02. The Morgan fingerprint density at radius 1 is 1.38 bits per heavy atom. The van der Waals surface area contributed by atoms with Crippen LogP contribution in [-0.2, 0) is 11.3 Å². The highest BCUT2D eigenvalue weighted by Gasteiger charge is 2.30. The summed E-state index contributed by atoms with van der Waals surface area (Å²) < 4.78 is 2.06. The first kappa shape index (κ1) is 16.9. The Labute approximate surface area is 153 Å². The zero-order valence-electron chi connectivity index (χ0n) is 15.1. The van der Waals surface area contributed by atoms with E-state index in [0.29, 0.717) is 18.2 Å². The van der Waals surface area contributed by atoms with Gasteiger partial charge in [0.05, 0.1) is 18.3 Å². The highest BCUT2D eigenvalue weighted by Crippen LogP contribution is 2.39. The average Bonchev–Trinajstić information content (AvgIpc) is 3.49. The summed E-state index contributed by atoms with van der Waals surface area (Å²) in [6.07, 6.45) is 10.3. The molecule has 1 unspecified atom stereocenters. The fourth-order valence-electron chi connectivity index (χ4n) is 3.09. The third-order valence-corrected chi connectivity index (χ3v) is 5.04. The molecule has 2 fully saturated rings. The zero-order valence-corrected chi connectivity index (χ0v) is 15.1. The standard InChI is InChI=1S/C19H26N6O/c1-12(22-19(26)14-4-5-14)17(20)11-25(21)10-16-9-24-8-15(13-2-3-13)6-7-18(24)23-16/h6-9,11-14H,2-5,10,20-21H2,1H3,(H,22,26)/b17-11-. The molecule has 7 heteroatoms. The van der Waals surface area contributed by atoms with Crippen LogP contribution < -0.4 is 16.9 Å². The number of hydrogen-bond acceptors (Lipinski definition) is 5. The molecule has 4 rings (SSSR count). The lowest BCUT2D eigenvalue weighted by Gasteiger charge is -2.18. The van der Waals surface area contributed by atoms with E-state index in [2.05, 4.69) is 33.0 Å². The molecule has 5 N–H and O–H groups in total. The van der Waals surface area contributed by atoms with Crippen molar-refractivity contribution in [3.8, 4) is 0 Å². The molecule has 138 valence electrons. The monoisotopic (exact) mass is 354 g/mol. The Morgan fingerprint density at radius 3 is 2.85 bits per heavy atom. The molecule has 2 aromatic heterocycles. The number of hydrogen-bond donors (Lipinski definition) is 3. The Morgan fingerprint density at radius 2 is 2.15 bits per heavy atom. The number of nitrogens with two attached hydrogens (primary N) is 2. The summed E-state index contributed by atoms with van der Waals surface area (Å²) in [6.45, 7) is 2.31. The van der Waals surface area contributed by atoms with Crippen molar-refractivity contribution in [1.82, 2.24) is 19.7 Å². The number of imidazole rings is 1. The first-order chi connectivity index (χ1) is 12.5. The van der Waals surface area contributed by atoms with E-state index < -0.39 is 0 Å². The van der Waals surface area contributed by atoms with Crippen molar-refractivity contribution in [2.75, 3.05) is 0 Å². The van der Waals surface area contributed by atoms with Crippen LogP contribution in [0.1, 0.15) is 49.8 Å². The van der Waals surface area contributed by atoms with Gasteiger partial charge in [0.25, 0.3) is 0 Å². The minimum atomic E-state index is -0.240. The second-order valence-electron chi connectivity index (χ2n) is 7.54. The second kappa shape index (κ2) is 6.64. The Balaban J connectivity index is 1.39. The maximum absolute atomic E-state index is 11.8. The SMILES string of the molecule is CC(NC(=O)C1CC1)/C(N)=C/N(N)Cc1cn2cc(C3CC3)ccc2n1. The summed E-state index contributed by atoms with van der Waals surface area (Å²) in [6, 6.07) is 3.97. The van der Waals surface area contributed by atoms with Gasteiger partial charge >= 0.3 is 0 Å². The number of hydrazine groups is 1. The van der Waals surface area contributed by atoms with Crippen LogP contribution in [0.2, 0.25) is 0 Å². The molecule has 2 saturated carbocycles. The third kappa shape index (κ3) is 3.83. The molecule has 0 aromatic carbocycles. The lowest BCUT2D eigenvalue weighted by atomic mass is 10.2. The Hall–Kier alpha value is -2.54. The van der Waals surface area contributed by atoms with Gasteiger partial charge in [-0.2, -0.15) is 0 Å². The molecule has 2 aromatic rings. The third-order valence-electron chi connectivity index (χ3n) is 5.04. The van der Waals surface area contributed by atoms with Gasteiger partial charge in [-0.05, 0) is 50.2 Å². The van der Waals surface area contributed by atoms with Gasteiger partial charge < -0.3 is 20.5 Å². The van der Waals surface area contributed by atoms with Crippen molar-refractivity contribution >= 4 is 11.6 Å². The highest BCUT2D eigenvalue weighted by molar-refractivity contribution is 5.81. The van der Waals surface area contributed by atoms with Gasteiger partial charge in [0.1, 0.15) is 5.65 Å². The van der Waals surface area contributed by atoms with E-state index >= 15 is 0 Å². The normalized spacial score (nSPS) is 18.8. The van der Waals surface area contributed by atoms with E-state index in [-0.39, 0.29) is 17.9 Å². The van der Waals surface area contributed by atoms with Crippen LogP contribution in [-0.4, -0.2) is 26.3 Å². The van der Waals surface area contributed by atoms with Crippen LogP contribution in [0.25, 0.3) is 5.65 Å². The fraction of sp³-hybridized carbons (Fsp3) is 0.474. The van der Waals surface area contributed by atoms with Crippen LogP contribution in [0.4, 0.5) is 0 Å². The minimum absolute atomic E-state index is 0.0734. The molecular weight excluding hydrogens is 328 g/mol. The Bertz CT molecular complexity index is 849. The minimum Gasteiger partial charge on any atom is -0.399 e. The van der Waals surface area contributed by atoms with Gasteiger partial charge in [-0.1, -0.05) is 6.07 Å². The Kier molecular flexibility index (Phi) is 4.32. The number of aromatic nitrogens is 2. The van der Waals surface area contributed by atoms with Crippen molar-refractivity contribution in [1.29, 1.82) is 0 Å². The molecule has 0 radical (unpaired) electrons. The zero-order chi connectivity index (χ0) is 18.3. The number of fused-ring (bicyclic) bond motifs is 1. The second-order valence-corrected chi connectivity index (χ2v) is 7.54. The van der Waals surface area contributed by atoms with Crippen LogP contribution in [0.5, 0.6) is 0 Å². The molecule has 2 heterocycles. The number of nitrogens with one attached hydrogen (secondary N) is 1. The predicted molar refractivity (Wildman–Crippen MR) is 99.5 cm³/mol. The maximum atomic E-state index is 11.8. The molecule has 26 heavy (non-hydrogen) atoms.